The Labute approximate surface area is 92.3 Å². The predicted molar refractivity (Wildman–Crippen MR) is 53.8 cm³/mol. The van der Waals surface area contributed by atoms with Crippen molar-refractivity contribution in [3.8, 4) is 5.75 Å². The van der Waals surface area contributed by atoms with Crippen molar-refractivity contribution in [2.24, 2.45) is 0 Å². The van der Waals surface area contributed by atoms with Gasteiger partial charge in [0.15, 0.2) is 17.4 Å². The first-order chi connectivity index (χ1) is 7.42. The molecule has 1 rings (SSSR count). The van der Waals surface area contributed by atoms with Gasteiger partial charge in [0.2, 0.25) is 10.0 Å². The third-order valence-electron chi connectivity index (χ3n) is 1.82. The Morgan fingerprint density at radius 1 is 1.31 bits per heavy atom. The summed E-state index contributed by atoms with van der Waals surface area (Å²) in [5.41, 5.74) is 0. The summed E-state index contributed by atoms with van der Waals surface area (Å²) < 4.78 is 55.9. The molecular formula is C9H11F2NO3S. The van der Waals surface area contributed by atoms with Gasteiger partial charge in [0.25, 0.3) is 0 Å². The van der Waals surface area contributed by atoms with E-state index in [0.29, 0.717) is 12.1 Å². The Balaban J connectivity index is 3.29. The molecule has 0 heterocycles. The lowest BCUT2D eigenvalue weighted by atomic mass is 10.3. The van der Waals surface area contributed by atoms with Crippen LogP contribution in [-0.2, 0) is 10.0 Å². The zero-order valence-electron chi connectivity index (χ0n) is 8.75. The van der Waals surface area contributed by atoms with E-state index in [1.54, 1.807) is 6.92 Å². The Bertz CT molecular complexity index is 465. The van der Waals surface area contributed by atoms with Crippen LogP contribution in [0.5, 0.6) is 5.75 Å². The van der Waals surface area contributed by atoms with E-state index in [4.69, 9.17) is 0 Å². The molecular weight excluding hydrogens is 240 g/mol. The maximum absolute atomic E-state index is 13.2. The summed E-state index contributed by atoms with van der Waals surface area (Å²) in [5.74, 6) is -2.71. The van der Waals surface area contributed by atoms with Crippen LogP contribution in [0, 0.1) is 11.6 Å². The summed E-state index contributed by atoms with van der Waals surface area (Å²) in [6.45, 7) is 1.70. The number of rotatable bonds is 4. The van der Waals surface area contributed by atoms with Gasteiger partial charge in [0.1, 0.15) is 0 Å². The average Bonchev–Trinajstić information content (AvgIpc) is 2.17. The molecule has 1 aromatic carbocycles. The standard InChI is InChI=1S/C9H11F2NO3S/c1-3-12-16(13,14)6-4-7(10)9(15-2)8(11)5-6/h4-5,12H,3H2,1-2H3. The molecule has 4 nitrogen and oxygen atoms in total. The van der Waals surface area contributed by atoms with Crippen LogP contribution >= 0.6 is 0 Å². The largest absolute Gasteiger partial charge is 0.491 e. The smallest absolute Gasteiger partial charge is 0.240 e. The van der Waals surface area contributed by atoms with E-state index < -0.39 is 32.3 Å². The number of nitrogens with one attached hydrogen (secondary N) is 1. The van der Waals surface area contributed by atoms with E-state index in [2.05, 4.69) is 9.46 Å². The second-order valence-corrected chi connectivity index (χ2v) is 4.69. The van der Waals surface area contributed by atoms with Gasteiger partial charge >= 0.3 is 0 Å². The lowest BCUT2D eigenvalue weighted by Gasteiger charge is -2.07. The van der Waals surface area contributed by atoms with Crippen molar-refractivity contribution in [2.45, 2.75) is 11.8 Å². The molecule has 0 atom stereocenters. The Kier molecular flexibility index (Phi) is 3.82. The van der Waals surface area contributed by atoms with Crippen molar-refractivity contribution in [1.82, 2.24) is 4.72 Å². The minimum Gasteiger partial charge on any atom is -0.491 e. The number of hydrogen-bond acceptors (Lipinski definition) is 3. The van der Waals surface area contributed by atoms with E-state index in [-0.39, 0.29) is 6.54 Å². The second-order valence-electron chi connectivity index (χ2n) is 2.92. The van der Waals surface area contributed by atoms with Crippen molar-refractivity contribution in [3.63, 3.8) is 0 Å². The highest BCUT2D eigenvalue weighted by Gasteiger charge is 2.19. The minimum atomic E-state index is -3.87. The van der Waals surface area contributed by atoms with Gasteiger partial charge in [0, 0.05) is 6.54 Å². The van der Waals surface area contributed by atoms with E-state index in [1.807, 2.05) is 0 Å². The van der Waals surface area contributed by atoms with E-state index >= 15 is 0 Å². The third-order valence-corrected chi connectivity index (χ3v) is 3.35. The molecule has 0 saturated carbocycles. The highest BCUT2D eigenvalue weighted by molar-refractivity contribution is 7.89. The lowest BCUT2D eigenvalue weighted by molar-refractivity contribution is 0.358. The molecule has 0 saturated heterocycles. The number of hydrogen-bond donors (Lipinski definition) is 1. The number of halogens is 2. The predicted octanol–water partition coefficient (Wildman–Crippen LogP) is 1.27. The van der Waals surface area contributed by atoms with E-state index in [0.717, 1.165) is 7.11 Å². The zero-order valence-corrected chi connectivity index (χ0v) is 9.57. The maximum Gasteiger partial charge on any atom is 0.240 e. The highest BCUT2D eigenvalue weighted by Crippen LogP contribution is 2.24. The normalized spacial score (nSPS) is 11.5. The van der Waals surface area contributed by atoms with Crippen LogP contribution in [0.3, 0.4) is 0 Å². The molecule has 0 unspecified atom stereocenters. The summed E-state index contributed by atoms with van der Waals surface area (Å²) in [5, 5.41) is 0. The van der Waals surface area contributed by atoms with Crippen LogP contribution in [0.25, 0.3) is 0 Å². The number of methoxy groups -OCH3 is 1. The molecule has 90 valence electrons. The van der Waals surface area contributed by atoms with Crippen LogP contribution in [0.15, 0.2) is 17.0 Å². The van der Waals surface area contributed by atoms with Crippen LogP contribution in [-0.4, -0.2) is 22.1 Å². The van der Waals surface area contributed by atoms with Gasteiger partial charge in [0.05, 0.1) is 12.0 Å². The van der Waals surface area contributed by atoms with Crippen molar-refractivity contribution < 1.29 is 21.9 Å². The van der Waals surface area contributed by atoms with Crippen molar-refractivity contribution in [3.05, 3.63) is 23.8 Å². The fourth-order valence-corrected chi connectivity index (χ4v) is 2.22. The van der Waals surface area contributed by atoms with E-state index in [1.165, 1.54) is 0 Å². The molecule has 7 heteroatoms. The molecule has 0 bridgehead atoms. The fraction of sp³-hybridized carbons (Fsp3) is 0.333. The molecule has 0 aliphatic heterocycles. The van der Waals surface area contributed by atoms with Crippen molar-refractivity contribution in [2.75, 3.05) is 13.7 Å². The Hall–Kier alpha value is -1.21. The number of benzene rings is 1. The molecule has 1 aromatic rings. The van der Waals surface area contributed by atoms with Gasteiger partial charge in [-0.25, -0.2) is 21.9 Å². The van der Waals surface area contributed by atoms with E-state index in [9.17, 15) is 17.2 Å². The topological polar surface area (TPSA) is 55.4 Å². The SMILES string of the molecule is CCNS(=O)(=O)c1cc(F)c(OC)c(F)c1. The Morgan fingerprint density at radius 2 is 1.81 bits per heavy atom. The van der Waals surface area contributed by atoms with Crippen LogP contribution in [0.1, 0.15) is 6.92 Å². The van der Waals surface area contributed by atoms with Crippen LogP contribution in [0.2, 0.25) is 0 Å². The maximum atomic E-state index is 13.2. The summed E-state index contributed by atoms with van der Waals surface area (Å²) in [7, 11) is -2.77. The zero-order chi connectivity index (χ0) is 12.3. The molecule has 0 fully saturated rings. The van der Waals surface area contributed by atoms with Gasteiger partial charge in [-0.2, -0.15) is 0 Å². The van der Waals surface area contributed by atoms with Crippen LogP contribution in [0.4, 0.5) is 8.78 Å². The molecule has 0 radical (unpaired) electrons. The summed E-state index contributed by atoms with van der Waals surface area (Å²) in [6, 6.07) is 1.42. The third kappa shape index (κ3) is 2.48. The minimum absolute atomic E-state index is 0.137. The van der Waals surface area contributed by atoms with Gasteiger partial charge < -0.3 is 4.74 Å². The summed E-state index contributed by atoms with van der Waals surface area (Å²) in [4.78, 5) is -0.467. The molecule has 0 amide bonds. The van der Waals surface area contributed by atoms with Gasteiger partial charge in [-0.05, 0) is 12.1 Å². The first-order valence-electron chi connectivity index (χ1n) is 4.45. The molecule has 0 aliphatic carbocycles. The average molecular weight is 251 g/mol. The quantitative estimate of drug-likeness (QED) is 0.876. The summed E-state index contributed by atoms with van der Waals surface area (Å²) in [6.07, 6.45) is 0. The number of ether oxygens (including phenoxy) is 1. The van der Waals surface area contributed by atoms with Gasteiger partial charge in [-0.1, -0.05) is 6.92 Å². The molecule has 1 N–H and O–H groups in total. The van der Waals surface area contributed by atoms with Crippen LogP contribution < -0.4 is 9.46 Å². The van der Waals surface area contributed by atoms with Gasteiger partial charge in [-0.3, -0.25) is 0 Å². The molecule has 0 aromatic heterocycles. The monoisotopic (exact) mass is 251 g/mol. The molecule has 16 heavy (non-hydrogen) atoms. The Morgan fingerprint density at radius 3 is 2.19 bits per heavy atom. The second kappa shape index (κ2) is 4.75. The van der Waals surface area contributed by atoms with Crippen molar-refractivity contribution >= 4 is 10.0 Å². The fourth-order valence-electron chi connectivity index (χ4n) is 1.16. The number of sulfonamides is 1. The summed E-state index contributed by atoms with van der Waals surface area (Å²) >= 11 is 0. The van der Waals surface area contributed by atoms with Gasteiger partial charge in [-0.15, -0.1) is 0 Å². The lowest BCUT2D eigenvalue weighted by Crippen LogP contribution is -2.23. The molecule has 0 aliphatic rings. The first-order valence-corrected chi connectivity index (χ1v) is 5.93. The highest BCUT2D eigenvalue weighted by atomic mass is 32.2. The van der Waals surface area contributed by atoms with Crippen molar-refractivity contribution in [1.29, 1.82) is 0 Å². The molecule has 0 spiro atoms. The first kappa shape index (κ1) is 12.9.